The Hall–Kier alpha value is -3.55. The zero-order valence-corrected chi connectivity index (χ0v) is 15.2. The molecule has 0 bridgehead atoms. The molecule has 1 heterocycles. The molecule has 3 aromatic rings. The molecule has 0 saturated heterocycles. The fourth-order valence-corrected chi connectivity index (χ4v) is 2.39. The van der Waals surface area contributed by atoms with Gasteiger partial charge in [0.05, 0.1) is 17.1 Å². The van der Waals surface area contributed by atoms with Gasteiger partial charge in [-0.2, -0.15) is 9.97 Å². The van der Waals surface area contributed by atoms with E-state index in [0.29, 0.717) is 22.8 Å². The Balaban J connectivity index is 1.66. The fraction of sp³-hybridized carbons (Fsp3) is 0.150. The Morgan fingerprint density at radius 3 is 2.29 bits per heavy atom. The van der Waals surface area contributed by atoms with Crippen molar-refractivity contribution in [2.45, 2.75) is 13.8 Å². The van der Waals surface area contributed by atoms with Crippen LogP contribution in [0.25, 0.3) is 0 Å². The van der Waals surface area contributed by atoms with Gasteiger partial charge in [0.1, 0.15) is 11.6 Å². The largest absolute Gasteiger partial charge is 0.484 e. The first kappa shape index (κ1) is 19.2. The van der Waals surface area contributed by atoms with Crippen molar-refractivity contribution >= 4 is 11.6 Å². The molecular weight excluding hydrogens is 368 g/mol. The predicted molar refractivity (Wildman–Crippen MR) is 98.5 cm³/mol. The van der Waals surface area contributed by atoms with Crippen LogP contribution in [0.3, 0.4) is 0 Å². The summed E-state index contributed by atoms with van der Waals surface area (Å²) < 4.78 is 37.3. The van der Waals surface area contributed by atoms with Crippen molar-refractivity contribution in [3.8, 4) is 17.5 Å². The predicted octanol–water partition coefficient (Wildman–Crippen LogP) is 4.18. The lowest BCUT2D eigenvalue weighted by Gasteiger charge is -2.13. The molecule has 1 aromatic heterocycles. The van der Waals surface area contributed by atoms with E-state index in [4.69, 9.17) is 9.47 Å². The van der Waals surface area contributed by atoms with E-state index in [2.05, 4.69) is 15.3 Å². The molecule has 0 atom stereocenters. The molecule has 8 heteroatoms. The van der Waals surface area contributed by atoms with Crippen LogP contribution in [-0.2, 0) is 4.79 Å². The molecule has 28 heavy (non-hydrogen) atoms. The average Bonchev–Trinajstić information content (AvgIpc) is 2.66. The summed E-state index contributed by atoms with van der Waals surface area (Å²) in [5, 5.41) is 2.67. The number of aromatic nitrogens is 2. The third-order valence-electron chi connectivity index (χ3n) is 3.74. The van der Waals surface area contributed by atoms with Gasteiger partial charge in [0.2, 0.25) is 0 Å². The van der Waals surface area contributed by atoms with Crippen LogP contribution in [0, 0.1) is 25.5 Å². The molecule has 0 fully saturated rings. The lowest BCUT2D eigenvalue weighted by atomic mass is 10.3. The number of hydrogen-bond donors (Lipinski definition) is 1. The van der Waals surface area contributed by atoms with E-state index in [-0.39, 0.29) is 18.4 Å². The minimum Gasteiger partial charge on any atom is -0.484 e. The third kappa shape index (κ3) is 4.79. The molecule has 0 aliphatic heterocycles. The molecule has 6 nitrogen and oxygen atoms in total. The van der Waals surface area contributed by atoms with Gasteiger partial charge in [-0.05, 0) is 50.2 Å². The number of carbonyl (C=O) groups excluding carboxylic acids is 1. The minimum atomic E-state index is -0.531. The van der Waals surface area contributed by atoms with Gasteiger partial charge < -0.3 is 14.8 Å². The molecule has 0 aliphatic carbocycles. The van der Waals surface area contributed by atoms with Crippen molar-refractivity contribution in [3.63, 3.8) is 0 Å². The maximum Gasteiger partial charge on any atom is 0.322 e. The second-order valence-electron chi connectivity index (χ2n) is 5.88. The molecule has 2 aromatic carbocycles. The summed E-state index contributed by atoms with van der Waals surface area (Å²) in [6, 6.07) is 11.2. The monoisotopic (exact) mass is 385 g/mol. The van der Waals surface area contributed by atoms with Gasteiger partial charge >= 0.3 is 6.01 Å². The first-order chi connectivity index (χ1) is 13.4. The van der Waals surface area contributed by atoms with E-state index >= 15 is 0 Å². The number of hydrogen-bond acceptors (Lipinski definition) is 5. The number of halogens is 2. The molecular formula is C20H17F2N3O3. The first-order valence-corrected chi connectivity index (χ1v) is 8.38. The molecule has 0 saturated carbocycles. The average molecular weight is 385 g/mol. The normalized spacial score (nSPS) is 10.4. The number of para-hydroxylation sites is 1. The standard InChI is InChI=1S/C20H17F2N3O3/c1-12-19(25-18(26)11-27-15-9-7-14(21)8-10-15)13(2)24-20(23-12)28-17-6-4-3-5-16(17)22/h3-10H,11H2,1-2H3,(H,25,26). The zero-order valence-electron chi connectivity index (χ0n) is 15.2. The number of anilines is 1. The van der Waals surface area contributed by atoms with Crippen molar-refractivity contribution in [2.75, 3.05) is 11.9 Å². The molecule has 0 spiro atoms. The summed E-state index contributed by atoms with van der Waals surface area (Å²) in [6.45, 7) is 3.07. The van der Waals surface area contributed by atoms with Gasteiger partial charge in [0.25, 0.3) is 5.91 Å². The Kier molecular flexibility index (Phi) is 5.78. The highest BCUT2D eigenvalue weighted by Gasteiger charge is 2.14. The van der Waals surface area contributed by atoms with Gasteiger partial charge in [-0.15, -0.1) is 0 Å². The van der Waals surface area contributed by atoms with Crippen LogP contribution < -0.4 is 14.8 Å². The smallest absolute Gasteiger partial charge is 0.322 e. The second kappa shape index (κ2) is 8.43. The summed E-state index contributed by atoms with van der Waals surface area (Å²) >= 11 is 0. The van der Waals surface area contributed by atoms with Crippen molar-refractivity contribution in [1.29, 1.82) is 0 Å². The number of amides is 1. The number of nitrogens with one attached hydrogen (secondary N) is 1. The van der Waals surface area contributed by atoms with E-state index in [1.807, 2.05) is 0 Å². The number of carbonyl (C=O) groups is 1. The van der Waals surface area contributed by atoms with Crippen molar-refractivity contribution in [2.24, 2.45) is 0 Å². The van der Waals surface area contributed by atoms with E-state index in [1.54, 1.807) is 26.0 Å². The number of benzene rings is 2. The summed E-state index contributed by atoms with van der Waals surface area (Å²) in [6.07, 6.45) is 0. The summed E-state index contributed by atoms with van der Waals surface area (Å²) in [4.78, 5) is 20.4. The SMILES string of the molecule is Cc1nc(Oc2ccccc2F)nc(C)c1NC(=O)COc1ccc(F)cc1. The number of ether oxygens (including phenoxy) is 2. The van der Waals surface area contributed by atoms with Crippen LogP contribution >= 0.6 is 0 Å². The Morgan fingerprint density at radius 2 is 1.64 bits per heavy atom. The van der Waals surface area contributed by atoms with E-state index in [9.17, 15) is 13.6 Å². The van der Waals surface area contributed by atoms with E-state index < -0.39 is 17.5 Å². The fourth-order valence-electron chi connectivity index (χ4n) is 2.39. The van der Waals surface area contributed by atoms with Gasteiger partial charge in [0.15, 0.2) is 18.2 Å². The molecule has 144 valence electrons. The molecule has 0 radical (unpaired) electrons. The van der Waals surface area contributed by atoms with Crippen LogP contribution in [0.4, 0.5) is 14.5 Å². The molecule has 3 rings (SSSR count). The molecule has 1 amide bonds. The maximum absolute atomic E-state index is 13.7. The van der Waals surface area contributed by atoms with Crippen LogP contribution in [0.5, 0.6) is 17.5 Å². The summed E-state index contributed by atoms with van der Waals surface area (Å²) in [7, 11) is 0. The highest BCUT2D eigenvalue weighted by atomic mass is 19.1. The van der Waals surface area contributed by atoms with Crippen LogP contribution in [-0.4, -0.2) is 22.5 Å². The number of nitrogens with zero attached hydrogens (tertiary/aromatic N) is 2. The highest BCUT2D eigenvalue weighted by molar-refractivity contribution is 5.92. The molecule has 0 aliphatic rings. The van der Waals surface area contributed by atoms with Crippen LogP contribution in [0.15, 0.2) is 48.5 Å². The lowest BCUT2D eigenvalue weighted by Crippen LogP contribution is -2.22. The Morgan fingerprint density at radius 1 is 1.00 bits per heavy atom. The summed E-state index contributed by atoms with van der Waals surface area (Å²) in [5.74, 6) is -0.975. The summed E-state index contributed by atoms with van der Waals surface area (Å²) in [5.41, 5.74) is 1.32. The number of rotatable bonds is 6. The quantitative estimate of drug-likeness (QED) is 0.689. The van der Waals surface area contributed by atoms with Crippen molar-refractivity contribution < 1.29 is 23.0 Å². The third-order valence-corrected chi connectivity index (χ3v) is 3.74. The van der Waals surface area contributed by atoms with E-state index in [0.717, 1.165) is 0 Å². The molecule has 0 unspecified atom stereocenters. The van der Waals surface area contributed by atoms with Gasteiger partial charge in [-0.1, -0.05) is 12.1 Å². The maximum atomic E-state index is 13.7. The highest BCUT2D eigenvalue weighted by Crippen LogP contribution is 2.25. The Bertz CT molecular complexity index is 971. The van der Waals surface area contributed by atoms with Crippen LogP contribution in [0.1, 0.15) is 11.4 Å². The van der Waals surface area contributed by atoms with Crippen molar-refractivity contribution in [3.05, 3.63) is 71.6 Å². The Labute approximate surface area is 160 Å². The van der Waals surface area contributed by atoms with Crippen molar-refractivity contribution in [1.82, 2.24) is 9.97 Å². The van der Waals surface area contributed by atoms with E-state index in [1.165, 1.54) is 36.4 Å². The van der Waals surface area contributed by atoms with Gasteiger partial charge in [-0.25, -0.2) is 8.78 Å². The zero-order chi connectivity index (χ0) is 20.1. The van der Waals surface area contributed by atoms with Crippen LogP contribution in [0.2, 0.25) is 0 Å². The first-order valence-electron chi connectivity index (χ1n) is 8.38. The second-order valence-corrected chi connectivity index (χ2v) is 5.88. The minimum absolute atomic E-state index is 0.00536. The van der Waals surface area contributed by atoms with Gasteiger partial charge in [0, 0.05) is 0 Å². The number of aryl methyl sites for hydroxylation is 2. The van der Waals surface area contributed by atoms with Gasteiger partial charge in [-0.3, -0.25) is 4.79 Å². The molecule has 1 N–H and O–H groups in total. The lowest BCUT2D eigenvalue weighted by molar-refractivity contribution is -0.118. The topological polar surface area (TPSA) is 73.3 Å².